The predicted octanol–water partition coefficient (Wildman–Crippen LogP) is 2.60. The molecule has 1 N–H and O–H groups in total. The highest BCUT2D eigenvalue weighted by atomic mass is 16.5. The Morgan fingerprint density at radius 3 is 2.61 bits per heavy atom. The van der Waals surface area contributed by atoms with Crippen molar-refractivity contribution in [3.05, 3.63) is 30.7 Å². The molecule has 1 saturated heterocycles. The van der Waals surface area contributed by atoms with Crippen LogP contribution in [0, 0.1) is 0 Å². The summed E-state index contributed by atoms with van der Waals surface area (Å²) in [5.41, 5.74) is 2.78. The lowest BCUT2D eigenvalue weighted by atomic mass is 10.1. The van der Waals surface area contributed by atoms with Gasteiger partial charge in [-0.15, -0.1) is 0 Å². The number of aromatic nitrogens is 4. The summed E-state index contributed by atoms with van der Waals surface area (Å²) in [6.07, 6.45) is 5.78. The molecule has 1 fully saturated rings. The number of aryl methyl sites for hydroxylation is 1. The zero-order chi connectivity index (χ0) is 19.8. The molecule has 4 heterocycles. The van der Waals surface area contributed by atoms with Crippen molar-refractivity contribution in [2.24, 2.45) is 7.05 Å². The van der Waals surface area contributed by atoms with E-state index in [2.05, 4.69) is 40.2 Å². The van der Waals surface area contributed by atoms with E-state index in [0.717, 1.165) is 40.9 Å². The Morgan fingerprint density at radius 1 is 1.21 bits per heavy atom. The number of carbonyl (C=O) groups excluding carboxylic acids is 1. The average Bonchev–Trinajstić information content (AvgIpc) is 3.05. The fraction of sp³-hybridized carbons (Fsp3) is 0.400. The van der Waals surface area contributed by atoms with Crippen molar-refractivity contribution in [1.82, 2.24) is 19.7 Å². The Morgan fingerprint density at radius 2 is 1.96 bits per heavy atom. The van der Waals surface area contributed by atoms with Gasteiger partial charge in [-0.2, -0.15) is 5.10 Å². The summed E-state index contributed by atoms with van der Waals surface area (Å²) in [6.45, 7) is 7.17. The third kappa shape index (κ3) is 3.68. The van der Waals surface area contributed by atoms with E-state index in [1.165, 1.54) is 6.92 Å². The van der Waals surface area contributed by atoms with Crippen LogP contribution >= 0.6 is 0 Å². The lowest BCUT2D eigenvalue weighted by molar-refractivity contribution is -0.114. The molecule has 1 amide bonds. The van der Waals surface area contributed by atoms with Crippen LogP contribution < -0.4 is 10.2 Å². The zero-order valence-corrected chi connectivity index (χ0v) is 16.5. The first kappa shape index (κ1) is 18.4. The van der Waals surface area contributed by atoms with Crippen LogP contribution in [0.15, 0.2) is 30.7 Å². The van der Waals surface area contributed by atoms with Gasteiger partial charge in [0, 0.05) is 49.8 Å². The zero-order valence-electron chi connectivity index (χ0n) is 16.5. The highest BCUT2D eigenvalue weighted by Crippen LogP contribution is 2.34. The van der Waals surface area contributed by atoms with E-state index in [4.69, 9.17) is 9.72 Å². The molecule has 2 atom stereocenters. The van der Waals surface area contributed by atoms with Crippen LogP contribution in [0.1, 0.15) is 20.8 Å². The number of fused-ring (bicyclic) bond motifs is 1. The first-order valence-electron chi connectivity index (χ1n) is 9.37. The van der Waals surface area contributed by atoms with Crippen LogP contribution in [-0.2, 0) is 16.6 Å². The number of hydrogen-bond acceptors (Lipinski definition) is 6. The molecule has 1 aliphatic heterocycles. The molecular formula is C20H24N6O2. The van der Waals surface area contributed by atoms with Gasteiger partial charge >= 0.3 is 0 Å². The Labute approximate surface area is 163 Å². The fourth-order valence-corrected chi connectivity index (χ4v) is 3.68. The lowest BCUT2D eigenvalue weighted by Gasteiger charge is -2.37. The number of morpholine rings is 1. The number of ether oxygens (including phenoxy) is 1. The Balaban J connectivity index is 1.85. The van der Waals surface area contributed by atoms with Crippen LogP contribution in [0.2, 0.25) is 0 Å². The van der Waals surface area contributed by atoms with Gasteiger partial charge in [-0.25, -0.2) is 9.97 Å². The molecule has 0 saturated carbocycles. The van der Waals surface area contributed by atoms with E-state index in [-0.39, 0.29) is 18.1 Å². The smallest absolute Gasteiger partial charge is 0.222 e. The van der Waals surface area contributed by atoms with Crippen LogP contribution in [0.5, 0.6) is 0 Å². The van der Waals surface area contributed by atoms with E-state index in [0.29, 0.717) is 5.82 Å². The summed E-state index contributed by atoms with van der Waals surface area (Å²) in [5, 5.41) is 7.96. The van der Waals surface area contributed by atoms with E-state index < -0.39 is 0 Å². The number of hydrogen-bond donors (Lipinski definition) is 1. The second-order valence-electron chi connectivity index (χ2n) is 7.37. The molecule has 0 spiro atoms. The average molecular weight is 380 g/mol. The summed E-state index contributed by atoms with van der Waals surface area (Å²) in [5.74, 6) is 1.26. The van der Waals surface area contributed by atoms with Crippen molar-refractivity contribution in [2.45, 2.75) is 33.0 Å². The summed E-state index contributed by atoms with van der Waals surface area (Å²) < 4.78 is 7.67. The highest BCUT2D eigenvalue weighted by Gasteiger charge is 2.26. The van der Waals surface area contributed by atoms with E-state index >= 15 is 0 Å². The minimum Gasteiger partial charge on any atom is -0.372 e. The SMILES string of the molecule is CC(=O)Nc1cc2cc(-c3cnn(C)c3)c(N3C[C@@H](C)O[C@@H](C)C3)nc2cn1. The summed E-state index contributed by atoms with van der Waals surface area (Å²) in [4.78, 5) is 22.9. The topological polar surface area (TPSA) is 85.2 Å². The van der Waals surface area contributed by atoms with Crippen molar-refractivity contribution in [1.29, 1.82) is 0 Å². The second-order valence-corrected chi connectivity index (χ2v) is 7.37. The largest absolute Gasteiger partial charge is 0.372 e. The number of amides is 1. The molecule has 4 rings (SSSR count). The Kier molecular flexibility index (Phi) is 4.72. The van der Waals surface area contributed by atoms with E-state index in [1.54, 1.807) is 10.9 Å². The van der Waals surface area contributed by atoms with Crippen LogP contribution in [0.25, 0.3) is 22.0 Å². The maximum Gasteiger partial charge on any atom is 0.222 e. The van der Waals surface area contributed by atoms with Gasteiger partial charge in [0.05, 0.1) is 30.1 Å². The molecule has 3 aromatic rings. The van der Waals surface area contributed by atoms with Gasteiger partial charge in [0.25, 0.3) is 0 Å². The van der Waals surface area contributed by atoms with Gasteiger partial charge in [-0.1, -0.05) is 0 Å². The van der Waals surface area contributed by atoms with E-state index in [9.17, 15) is 4.79 Å². The highest BCUT2D eigenvalue weighted by molar-refractivity contribution is 5.93. The third-order valence-corrected chi connectivity index (χ3v) is 4.72. The van der Waals surface area contributed by atoms with Crippen molar-refractivity contribution in [3.63, 3.8) is 0 Å². The van der Waals surface area contributed by atoms with E-state index in [1.807, 2.05) is 25.5 Å². The molecule has 146 valence electrons. The predicted molar refractivity (Wildman–Crippen MR) is 108 cm³/mol. The van der Waals surface area contributed by atoms with Crippen LogP contribution in [-0.4, -0.2) is 51.0 Å². The van der Waals surface area contributed by atoms with Crippen molar-refractivity contribution < 1.29 is 9.53 Å². The molecule has 0 aliphatic carbocycles. The number of nitrogens with zero attached hydrogens (tertiary/aromatic N) is 5. The molecule has 8 heteroatoms. The lowest BCUT2D eigenvalue weighted by Crippen LogP contribution is -2.46. The number of rotatable bonds is 3. The summed E-state index contributed by atoms with van der Waals surface area (Å²) in [7, 11) is 1.90. The van der Waals surface area contributed by atoms with Gasteiger partial charge in [0.2, 0.25) is 5.91 Å². The van der Waals surface area contributed by atoms with Crippen molar-refractivity contribution >= 4 is 28.4 Å². The van der Waals surface area contributed by atoms with Crippen molar-refractivity contribution in [2.75, 3.05) is 23.3 Å². The Hall–Kier alpha value is -3.00. The summed E-state index contributed by atoms with van der Waals surface area (Å²) in [6, 6.07) is 3.93. The standard InChI is InChI=1S/C20H24N6O2/c1-12-9-26(10-13(2)28-12)20-17(16-7-22-25(4)11-16)5-15-6-19(23-14(3)27)21-8-18(15)24-20/h5-8,11-13H,9-10H2,1-4H3,(H,21,23,27)/t12-,13+. The fourth-order valence-electron chi connectivity index (χ4n) is 3.68. The maximum atomic E-state index is 11.4. The van der Waals surface area contributed by atoms with Gasteiger partial charge in [0.1, 0.15) is 11.6 Å². The molecule has 0 unspecified atom stereocenters. The van der Waals surface area contributed by atoms with Gasteiger partial charge in [-0.05, 0) is 26.0 Å². The molecule has 8 nitrogen and oxygen atoms in total. The molecule has 28 heavy (non-hydrogen) atoms. The molecule has 0 radical (unpaired) electrons. The normalized spacial score (nSPS) is 19.8. The number of anilines is 2. The quantitative estimate of drug-likeness (QED) is 0.752. The molecule has 1 aliphatic rings. The second kappa shape index (κ2) is 7.20. The third-order valence-electron chi connectivity index (χ3n) is 4.72. The monoisotopic (exact) mass is 380 g/mol. The number of pyridine rings is 2. The number of nitrogens with one attached hydrogen (secondary N) is 1. The number of carbonyl (C=O) groups is 1. The maximum absolute atomic E-state index is 11.4. The first-order valence-corrected chi connectivity index (χ1v) is 9.37. The van der Waals surface area contributed by atoms with Gasteiger partial charge in [-0.3, -0.25) is 9.48 Å². The minimum absolute atomic E-state index is 0.128. The van der Waals surface area contributed by atoms with Crippen LogP contribution in [0.4, 0.5) is 11.6 Å². The van der Waals surface area contributed by atoms with Crippen molar-refractivity contribution in [3.8, 4) is 11.1 Å². The van der Waals surface area contributed by atoms with Gasteiger partial charge < -0.3 is 15.0 Å². The molecule has 0 bridgehead atoms. The molecule has 0 aromatic carbocycles. The Bertz CT molecular complexity index is 1020. The molecular weight excluding hydrogens is 356 g/mol. The summed E-state index contributed by atoms with van der Waals surface area (Å²) >= 11 is 0. The minimum atomic E-state index is -0.153. The van der Waals surface area contributed by atoms with Gasteiger partial charge in [0.15, 0.2) is 0 Å². The van der Waals surface area contributed by atoms with Crippen LogP contribution in [0.3, 0.4) is 0 Å². The molecule has 3 aromatic heterocycles. The first-order chi connectivity index (χ1) is 13.4.